The summed E-state index contributed by atoms with van der Waals surface area (Å²) in [6, 6.07) is 4.13. The van der Waals surface area contributed by atoms with Gasteiger partial charge in [0.05, 0.1) is 5.69 Å². The number of aromatic nitrogens is 1. The van der Waals surface area contributed by atoms with E-state index >= 15 is 0 Å². The molecule has 0 spiro atoms. The molecule has 5 heteroatoms. The Labute approximate surface area is 109 Å². The zero-order valence-corrected chi connectivity index (χ0v) is 11.1. The summed E-state index contributed by atoms with van der Waals surface area (Å²) in [4.78, 5) is 6.86. The molecule has 0 aromatic carbocycles. The first-order chi connectivity index (χ1) is 6.86. The van der Waals surface area contributed by atoms with Gasteiger partial charge >= 0.3 is 0 Å². The third-order valence-electron chi connectivity index (χ3n) is 2.70. The lowest BCUT2D eigenvalue weighted by atomic mass is 10.2. The number of nitrogens with zero attached hydrogens (tertiary/aromatic N) is 2. The van der Waals surface area contributed by atoms with Gasteiger partial charge in [-0.1, -0.05) is 6.07 Å². The van der Waals surface area contributed by atoms with Gasteiger partial charge < -0.3 is 5.32 Å². The van der Waals surface area contributed by atoms with E-state index in [0.29, 0.717) is 0 Å². The third kappa shape index (κ3) is 4.26. The first kappa shape index (κ1) is 15.7. The van der Waals surface area contributed by atoms with E-state index < -0.39 is 0 Å². The van der Waals surface area contributed by atoms with E-state index in [2.05, 4.69) is 28.2 Å². The van der Waals surface area contributed by atoms with Crippen molar-refractivity contribution in [3.63, 3.8) is 0 Å². The highest BCUT2D eigenvalue weighted by atomic mass is 35.5. The van der Waals surface area contributed by atoms with Gasteiger partial charge in [-0.05, 0) is 18.6 Å². The van der Waals surface area contributed by atoms with E-state index in [4.69, 9.17) is 0 Å². The summed E-state index contributed by atoms with van der Waals surface area (Å²) < 4.78 is 0. The molecular weight excluding hydrogens is 245 g/mol. The highest BCUT2D eigenvalue weighted by Gasteiger charge is 2.11. The molecule has 1 aliphatic heterocycles. The van der Waals surface area contributed by atoms with Crippen LogP contribution in [0.4, 0.5) is 0 Å². The van der Waals surface area contributed by atoms with Crippen molar-refractivity contribution in [2.45, 2.75) is 13.5 Å². The summed E-state index contributed by atoms with van der Waals surface area (Å²) in [5.41, 5.74) is 2.51. The Balaban J connectivity index is 0.00000112. The SMILES string of the molecule is Cc1cccnc1CN1CCNCC1.Cl.Cl. The molecule has 0 atom stereocenters. The molecule has 0 amide bonds. The highest BCUT2D eigenvalue weighted by Crippen LogP contribution is 2.07. The number of rotatable bonds is 2. The largest absolute Gasteiger partial charge is 0.314 e. The maximum absolute atomic E-state index is 4.41. The Hall–Kier alpha value is -0.350. The summed E-state index contributed by atoms with van der Waals surface area (Å²) >= 11 is 0. The number of pyridine rings is 1. The molecule has 3 nitrogen and oxygen atoms in total. The van der Waals surface area contributed by atoms with Crippen molar-refractivity contribution in [1.29, 1.82) is 0 Å². The van der Waals surface area contributed by atoms with Gasteiger partial charge in [-0.2, -0.15) is 0 Å². The van der Waals surface area contributed by atoms with Crippen LogP contribution in [0.25, 0.3) is 0 Å². The molecule has 1 fully saturated rings. The second-order valence-corrected chi connectivity index (χ2v) is 3.79. The summed E-state index contributed by atoms with van der Waals surface area (Å²) in [7, 11) is 0. The van der Waals surface area contributed by atoms with Crippen LogP contribution in [0.15, 0.2) is 18.3 Å². The van der Waals surface area contributed by atoms with Crippen LogP contribution < -0.4 is 5.32 Å². The maximum atomic E-state index is 4.41. The van der Waals surface area contributed by atoms with E-state index in [1.165, 1.54) is 11.3 Å². The lowest BCUT2D eigenvalue weighted by Gasteiger charge is -2.27. The van der Waals surface area contributed by atoms with Crippen LogP contribution in [0.1, 0.15) is 11.3 Å². The van der Waals surface area contributed by atoms with Gasteiger partial charge in [-0.3, -0.25) is 9.88 Å². The van der Waals surface area contributed by atoms with Crippen LogP contribution in [0, 0.1) is 6.92 Å². The highest BCUT2D eigenvalue weighted by molar-refractivity contribution is 5.85. The van der Waals surface area contributed by atoms with Crippen molar-refractivity contribution in [1.82, 2.24) is 15.2 Å². The van der Waals surface area contributed by atoms with Crippen LogP contribution >= 0.6 is 24.8 Å². The molecule has 0 bridgehead atoms. The zero-order valence-electron chi connectivity index (χ0n) is 9.48. The van der Waals surface area contributed by atoms with Crippen LogP contribution in [0.2, 0.25) is 0 Å². The minimum absolute atomic E-state index is 0. The second kappa shape index (κ2) is 7.85. The van der Waals surface area contributed by atoms with Crippen molar-refractivity contribution in [3.8, 4) is 0 Å². The Morgan fingerprint density at radius 2 is 2.00 bits per heavy atom. The molecule has 0 saturated carbocycles. The fourth-order valence-corrected chi connectivity index (χ4v) is 1.76. The Morgan fingerprint density at radius 3 is 2.62 bits per heavy atom. The fourth-order valence-electron chi connectivity index (χ4n) is 1.76. The van der Waals surface area contributed by atoms with Crippen LogP contribution in [0.5, 0.6) is 0 Å². The minimum atomic E-state index is 0. The van der Waals surface area contributed by atoms with Gasteiger partial charge in [0.25, 0.3) is 0 Å². The van der Waals surface area contributed by atoms with Crippen molar-refractivity contribution in [3.05, 3.63) is 29.6 Å². The monoisotopic (exact) mass is 263 g/mol. The third-order valence-corrected chi connectivity index (χ3v) is 2.70. The van der Waals surface area contributed by atoms with Crippen LogP contribution in [0.3, 0.4) is 0 Å². The molecule has 16 heavy (non-hydrogen) atoms. The molecule has 0 aliphatic carbocycles. The van der Waals surface area contributed by atoms with Gasteiger partial charge in [-0.25, -0.2) is 0 Å². The molecule has 0 radical (unpaired) electrons. The van der Waals surface area contributed by atoms with Crippen molar-refractivity contribution in [2.24, 2.45) is 0 Å². The number of hydrogen-bond acceptors (Lipinski definition) is 3. The fraction of sp³-hybridized carbons (Fsp3) is 0.545. The van der Waals surface area contributed by atoms with Crippen molar-refractivity contribution in [2.75, 3.05) is 26.2 Å². The smallest absolute Gasteiger partial charge is 0.0573 e. The molecule has 1 aromatic heterocycles. The Morgan fingerprint density at radius 1 is 1.31 bits per heavy atom. The number of hydrogen-bond donors (Lipinski definition) is 1. The van der Waals surface area contributed by atoms with E-state index in [1.54, 1.807) is 0 Å². The zero-order chi connectivity index (χ0) is 9.80. The average molecular weight is 264 g/mol. The molecule has 1 aliphatic rings. The van der Waals surface area contributed by atoms with E-state index in [9.17, 15) is 0 Å². The number of aryl methyl sites for hydroxylation is 1. The topological polar surface area (TPSA) is 28.2 Å². The number of piperazine rings is 1. The normalized spacial score (nSPS) is 16.1. The van der Waals surface area contributed by atoms with Crippen molar-refractivity contribution < 1.29 is 0 Å². The molecule has 92 valence electrons. The van der Waals surface area contributed by atoms with Gasteiger partial charge in [0.1, 0.15) is 0 Å². The summed E-state index contributed by atoms with van der Waals surface area (Å²) in [6.45, 7) is 7.60. The van der Waals surface area contributed by atoms with E-state index in [-0.39, 0.29) is 24.8 Å². The predicted octanol–water partition coefficient (Wildman–Crippen LogP) is 1.64. The van der Waals surface area contributed by atoms with Crippen LogP contribution in [-0.4, -0.2) is 36.1 Å². The summed E-state index contributed by atoms with van der Waals surface area (Å²) in [6.07, 6.45) is 1.88. The van der Waals surface area contributed by atoms with Gasteiger partial charge in [0.15, 0.2) is 0 Å². The molecule has 1 saturated heterocycles. The Kier molecular flexibility index (Phi) is 7.68. The van der Waals surface area contributed by atoms with Gasteiger partial charge in [-0.15, -0.1) is 24.8 Å². The van der Waals surface area contributed by atoms with E-state index in [0.717, 1.165) is 32.7 Å². The minimum Gasteiger partial charge on any atom is -0.314 e. The maximum Gasteiger partial charge on any atom is 0.0573 e. The lowest BCUT2D eigenvalue weighted by molar-refractivity contribution is 0.230. The van der Waals surface area contributed by atoms with E-state index in [1.807, 2.05) is 12.3 Å². The second-order valence-electron chi connectivity index (χ2n) is 3.79. The standard InChI is InChI=1S/C11H17N3.2ClH/c1-10-3-2-4-13-11(10)9-14-7-5-12-6-8-14;;/h2-4,12H,5-9H2,1H3;2*1H. The molecule has 2 rings (SSSR count). The van der Waals surface area contributed by atoms with Crippen LogP contribution in [-0.2, 0) is 6.54 Å². The first-order valence-electron chi connectivity index (χ1n) is 5.20. The van der Waals surface area contributed by atoms with Gasteiger partial charge in [0.2, 0.25) is 0 Å². The van der Waals surface area contributed by atoms with Crippen molar-refractivity contribution >= 4 is 24.8 Å². The average Bonchev–Trinajstić information content (AvgIpc) is 2.23. The quantitative estimate of drug-likeness (QED) is 0.880. The number of halogens is 2. The summed E-state index contributed by atoms with van der Waals surface area (Å²) in [5, 5.41) is 3.35. The Bertz CT molecular complexity index is 301. The summed E-state index contributed by atoms with van der Waals surface area (Å²) in [5.74, 6) is 0. The molecule has 2 heterocycles. The number of nitrogens with one attached hydrogen (secondary N) is 1. The predicted molar refractivity (Wildman–Crippen MR) is 71.6 cm³/mol. The molecule has 0 unspecified atom stereocenters. The molecule has 1 aromatic rings. The molecular formula is C11H19Cl2N3. The van der Waals surface area contributed by atoms with Gasteiger partial charge in [0, 0.05) is 38.9 Å². The lowest BCUT2D eigenvalue weighted by Crippen LogP contribution is -2.43. The first-order valence-corrected chi connectivity index (χ1v) is 5.20. The molecule has 1 N–H and O–H groups in total.